The largest absolute Gasteiger partial charge is 0.391 e. The molecular weight excluding hydrogens is 290 g/mol. The Balaban J connectivity index is 1.38. The zero-order valence-corrected chi connectivity index (χ0v) is 13.7. The summed E-state index contributed by atoms with van der Waals surface area (Å²) in [6, 6.07) is 6.23. The third-order valence-electron chi connectivity index (χ3n) is 5.13. The molecule has 5 heteroatoms. The fourth-order valence-electron chi connectivity index (χ4n) is 3.77. The third-order valence-corrected chi connectivity index (χ3v) is 5.13. The highest BCUT2D eigenvalue weighted by atomic mass is 16.3. The predicted octanol–water partition coefficient (Wildman–Crippen LogP) is 1.46. The minimum atomic E-state index is -0.171. The summed E-state index contributed by atoms with van der Waals surface area (Å²) in [5, 5.41) is 10.0. The summed E-state index contributed by atoms with van der Waals surface area (Å²) in [6.45, 7) is 3.39. The Morgan fingerprint density at radius 3 is 2.70 bits per heavy atom. The van der Waals surface area contributed by atoms with Crippen LogP contribution < -0.4 is 0 Å². The van der Waals surface area contributed by atoms with Crippen molar-refractivity contribution in [2.45, 2.75) is 50.7 Å². The Hall–Kier alpha value is -1.46. The maximum Gasteiger partial charge on any atom is 0.222 e. The van der Waals surface area contributed by atoms with E-state index < -0.39 is 0 Å². The smallest absolute Gasteiger partial charge is 0.222 e. The number of carbonyl (C=O) groups is 1. The van der Waals surface area contributed by atoms with Crippen LogP contribution in [0.15, 0.2) is 24.4 Å². The van der Waals surface area contributed by atoms with E-state index in [0.29, 0.717) is 12.5 Å². The van der Waals surface area contributed by atoms with Crippen molar-refractivity contribution in [3.63, 3.8) is 0 Å². The standard InChI is InChI=1S/C18H27N3O2/c22-17-8-4-7-16(17)20-11-13-21(14-12-20)18(23)9-3-6-15-5-1-2-10-19-15/h1-2,5,10,16-17,22H,3-4,6-9,11-14H2. The van der Waals surface area contributed by atoms with E-state index in [-0.39, 0.29) is 12.0 Å². The van der Waals surface area contributed by atoms with Gasteiger partial charge in [0.2, 0.25) is 5.91 Å². The number of aliphatic hydroxyl groups is 1. The third kappa shape index (κ3) is 4.30. The van der Waals surface area contributed by atoms with E-state index in [0.717, 1.165) is 64.0 Å². The topological polar surface area (TPSA) is 56.7 Å². The van der Waals surface area contributed by atoms with Gasteiger partial charge >= 0.3 is 0 Å². The van der Waals surface area contributed by atoms with Gasteiger partial charge in [0.25, 0.3) is 0 Å². The molecule has 126 valence electrons. The van der Waals surface area contributed by atoms with Gasteiger partial charge in [-0.3, -0.25) is 14.7 Å². The van der Waals surface area contributed by atoms with Crippen molar-refractivity contribution in [2.24, 2.45) is 0 Å². The molecule has 1 N–H and O–H groups in total. The first-order chi connectivity index (χ1) is 11.2. The Labute approximate surface area is 138 Å². The molecule has 1 aliphatic heterocycles. The summed E-state index contributed by atoms with van der Waals surface area (Å²) in [5.74, 6) is 0.257. The molecular formula is C18H27N3O2. The van der Waals surface area contributed by atoms with Crippen molar-refractivity contribution in [3.05, 3.63) is 30.1 Å². The van der Waals surface area contributed by atoms with Crippen LogP contribution in [0.3, 0.4) is 0 Å². The van der Waals surface area contributed by atoms with Crippen LogP contribution in [0.5, 0.6) is 0 Å². The van der Waals surface area contributed by atoms with Gasteiger partial charge in [0.15, 0.2) is 0 Å². The van der Waals surface area contributed by atoms with Crippen molar-refractivity contribution in [1.82, 2.24) is 14.8 Å². The van der Waals surface area contributed by atoms with Gasteiger partial charge in [-0.05, 0) is 44.2 Å². The molecule has 1 aliphatic carbocycles. The van der Waals surface area contributed by atoms with Crippen LogP contribution in [0.1, 0.15) is 37.8 Å². The monoisotopic (exact) mass is 317 g/mol. The Kier molecular flexibility index (Phi) is 5.62. The summed E-state index contributed by atoms with van der Waals surface area (Å²) < 4.78 is 0. The molecule has 1 aromatic heterocycles. The van der Waals surface area contributed by atoms with Crippen LogP contribution in [0.2, 0.25) is 0 Å². The number of rotatable bonds is 5. The molecule has 1 saturated heterocycles. The van der Waals surface area contributed by atoms with Crippen molar-refractivity contribution in [1.29, 1.82) is 0 Å². The second kappa shape index (κ2) is 7.88. The maximum absolute atomic E-state index is 12.3. The number of hydrogen-bond acceptors (Lipinski definition) is 4. The summed E-state index contributed by atoms with van der Waals surface area (Å²) in [6.07, 6.45) is 7.10. The zero-order chi connectivity index (χ0) is 16.1. The summed E-state index contributed by atoms with van der Waals surface area (Å²) in [4.78, 5) is 21.0. The molecule has 0 spiro atoms. The van der Waals surface area contributed by atoms with Crippen LogP contribution in [-0.4, -0.2) is 64.1 Å². The number of carbonyl (C=O) groups excluding carboxylic acids is 1. The molecule has 2 fully saturated rings. The van der Waals surface area contributed by atoms with Crippen LogP contribution in [0.25, 0.3) is 0 Å². The van der Waals surface area contributed by atoms with Gasteiger partial charge in [0, 0.05) is 50.5 Å². The number of aromatic nitrogens is 1. The fraction of sp³-hybridized carbons (Fsp3) is 0.667. The molecule has 2 unspecified atom stereocenters. The summed E-state index contributed by atoms with van der Waals surface area (Å²) in [7, 11) is 0. The average molecular weight is 317 g/mol. The number of hydrogen-bond donors (Lipinski definition) is 1. The van der Waals surface area contributed by atoms with E-state index in [1.165, 1.54) is 0 Å². The van der Waals surface area contributed by atoms with Crippen LogP contribution in [0, 0.1) is 0 Å². The van der Waals surface area contributed by atoms with E-state index in [2.05, 4.69) is 9.88 Å². The second-order valence-corrected chi connectivity index (χ2v) is 6.66. The highest BCUT2D eigenvalue weighted by molar-refractivity contribution is 5.76. The molecule has 2 atom stereocenters. The Bertz CT molecular complexity index is 500. The minimum Gasteiger partial charge on any atom is -0.391 e. The highest BCUT2D eigenvalue weighted by Gasteiger charge is 2.33. The molecule has 1 aromatic rings. The minimum absolute atomic E-state index is 0.171. The number of amides is 1. The first-order valence-corrected chi connectivity index (χ1v) is 8.84. The molecule has 1 amide bonds. The van der Waals surface area contributed by atoms with Gasteiger partial charge in [-0.15, -0.1) is 0 Å². The van der Waals surface area contributed by atoms with Crippen molar-refractivity contribution in [3.8, 4) is 0 Å². The summed E-state index contributed by atoms with van der Waals surface area (Å²) in [5.41, 5.74) is 1.06. The molecule has 0 radical (unpaired) electrons. The molecule has 1 saturated carbocycles. The van der Waals surface area contributed by atoms with Gasteiger partial charge in [-0.25, -0.2) is 0 Å². The summed E-state index contributed by atoms with van der Waals surface area (Å²) >= 11 is 0. The van der Waals surface area contributed by atoms with Crippen LogP contribution in [0.4, 0.5) is 0 Å². The van der Waals surface area contributed by atoms with Gasteiger partial charge in [-0.2, -0.15) is 0 Å². The first kappa shape index (κ1) is 16.4. The number of nitrogens with zero attached hydrogens (tertiary/aromatic N) is 3. The molecule has 2 heterocycles. The van der Waals surface area contributed by atoms with Crippen molar-refractivity contribution >= 4 is 5.91 Å². The van der Waals surface area contributed by atoms with Gasteiger partial charge < -0.3 is 10.0 Å². The maximum atomic E-state index is 12.3. The number of piperazine rings is 1. The molecule has 23 heavy (non-hydrogen) atoms. The predicted molar refractivity (Wildman–Crippen MR) is 89.0 cm³/mol. The fourth-order valence-corrected chi connectivity index (χ4v) is 3.77. The average Bonchev–Trinajstić information content (AvgIpc) is 3.02. The lowest BCUT2D eigenvalue weighted by molar-refractivity contribution is -0.133. The first-order valence-electron chi connectivity index (χ1n) is 8.84. The number of aliphatic hydroxyl groups excluding tert-OH is 1. The van der Waals surface area contributed by atoms with Crippen LogP contribution in [-0.2, 0) is 11.2 Å². The zero-order valence-electron chi connectivity index (χ0n) is 13.7. The molecule has 5 nitrogen and oxygen atoms in total. The Morgan fingerprint density at radius 2 is 2.04 bits per heavy atom. The van der Waals surface area contributed by atoms with E-state index in [9.17, 15) is 9.90 Å². The van der Waals surface area contributed by atoms with E-state index >= 15 is 0 Å². The van der Waals surface area contributed by atoms with Gasteiger partial charge in [0.05, 0.1) is 6.10 Å². The second-order valence-electron chi connectivity index (χ2n) is 6.66. The quantitative estimate of drug-likeness (QED) is 0.893. The SMILES string of the molecule is O=C(CCCc1ccccn1)N1CCN(C2CCCC2O)CC1. The van der Waals surface area contributed by atoms with E-state index in [1.807, 2.05) is 23.1 Å². The lowest BCUT2D eigenvalue weighted by Gasteiger charge is -2.39. The van der Waals surface area contributed by atoms with E-state index in [1.54, 1.807) is 6.20 Å². The molecule has 0 bridgehead atoms. The number of pyridine rings is 1. The lowest BCUT2D eigenvalue weighted by Crippen LogP contribution is -2.53. The van der Waals surface area contributed by atoms with E-state index in [4.69, 9.17) is 0 Å². The Morgan fingerprint density at radius 1 is 1.22 bits per heavy atom. The van der Waals surface area contributed by atoms with Gasteiger partial charge in [-0.1, -0.05) is 6.07 Å². The van der Waals surface area contributed by atoms with Crippen molar-refractivity contribution < 1.29 is 9.90 Å². The lowest BCUT2D eigenvalue weighted by atomic mass is 10.1. The molecule has 0 aromatic carbocycles. The van der Waals surface area contributed by atoms with Crippen molar-refractivity contribution in [2.75, 3.05) is 26.2 Å². The normalized spacial score (nSPS) is 25.7. The van der Waals surface area contributed by atoms with Crippen LogP contribution >= 0.6 is 0 Å². The molecule has 3 rings (SSSR count). The molecule has 2 aliphatic rings. The number of aryl methyl sites for hydroxylation is 1. The highest BCUT2D eigenvalue weighted by Crippen LogP contribution is 2.25. The van der Waals surface area contributed by atoms with Gasteiger partial charge in [0.1, 0.15) is 0 Å².